The molecule has 0 unspecified atom stereocenters. The van der Waals surface area contributed by atoms with Crippen LogP contribution in [-0.4, -0.2) is 75.8 Å². The molecule has 6 rings (SSSR count). The highest BCUT2D eigenvalue weighted by molar-refractivity contribution is 5.80. The zero-order valence-electron chi connectivity index (χ0n) is 17.4. The van der Waals surface area contributed by atoms with Gasteiger partial charge in [0.2, 0.25) is 0 Å². The molecule has 0 spiro atoms. The molecule has 4 bridgehead atoms. The molecule has 2 saturated heterocycles. The lowest BCUT2D eigenvalue weighted by molar-refractivity contribution is 0.0301. The average Bonchev–Trinajstić information content (AvgIpc) is 3.38. The highest BCUT2D eigenvalue weighted by Crippen LogP contribution is 2.31. The second-order valence-corrected chi connectivity index (χ2v) is 8.79. The van der Waals surface area contributed by atoms with Gasteiger partial charge in [-0.05, 0) is 55.6 Å². The summed E-state index contributed by atoms with van der Waals surface area (Å²) in [6, 6.07) is 9.49. The van der Waals surface area contributed by atoms with Crippen LogP contribution in [0.4, 0.5) is 5.82 Å². The summed E-state index contributed by atoms with van der Waals surface area (Å²) < 4.78 is 8.20. The smallest absolute Gasteiger partial charge is 0.165 e. The quantitative estimate of drug-likeness (QED) is 0.622. The Morgan fingerprint density at radius 3 is 2.93 bits per heavy atom. The van der Waals surface area contributed by atoms with Gasteiger partial charge in [-0.3, -0.25) is 9.80 Å². The fourth-order valence-corrected chi connectivity index (χ4v) is 5.24. The van der Waals surface area contributed by atoms with Gasteiger partial charge in [0.25, 0.3) is 0 Å². The number of hydrogen-bond donors (Lipinski definition) is 1. The Hall–Kier alpha value is -2.64. The third-order valence-electron chi connectivity index (χ3n) is 6.92. The molecule has 0 aliphatic carbocycles. The molecule has 2 aromatic heterocycles. The summed E-state index contributed by atoms with van der Waals surface area (Å²) in [7, 11) is 0. The summed E-state index contributed by atoms with van der Waals surface area (Å²) in [6.07, 6.45) is 6.53. The molecular formula is C23H28N6O. The molecule has 5 heterocycles. The summed E-state index contributed by atoms with van der Waals surface area (Å²) in [5, 5.41) is 8.05. The molecule has 3 aliphatic rings. The predicted octanol–water partition coefficient (Wildman–Crippen LogP) is 2.66. The number of aromatic nitrogens is 3. The van der Waals surface area contributed by atoms with Crippen molar-refractivity contribution in [3.05, 3.63) is 42.2 Å². The van der Waals surface area contributed by atoms with Gasteiger partial charge < -0.3 is 10.1 Å². The van der Waals surface area contributed by atoms with E-state index in [1.807, 2.05) is 23.0 Å². The molecule has 0 saturated carbocycles. The van der Waals surface area contributed by atoms with Crippen LogP contribution >= 0.6 is 0 Å². The molecule has 1 N–H and O–H groups in total. The van der Waals surface area contributed by atoms with E-state index in [0.717, 1.165) is 61.1 Å². The first kappa shape index (κ1) is 18.2. The minimum Gasteiger partial charge on any atom is -0.492 e. The predicted molar refractivity (Wildman–Crippen MR) is 117 cm³/mol. The van der Waals surface area contributed by atoms with Crippen LogP contribution in [0.2, 0.25) is 0 Å². The van der Waals surface area contributed by atoms with Gasteiger partial charge in [0, 0.05) is 44.0 Å². The summed E-state index contributed by atoms with van der Waals surface area (Å²) in [5.74, 6) is 1.83. The summed E-state index contributed by atoms with van der Waals surface area (Å²) in [5.41, 5.74) is 4.24. The van der Waals surface area contributed by atoms with Crippen molar-refractivity contribution in [2.75, 3.05) is 44.6 Å². The fourth-order valence-electron chi connectivity index (χ4n) is 5.24. The van der Waals surface area contributed by atoms with Gasteiger partial charge in [-0.15, -0.1) is 0 Å². The monoisotopic (exact) mass is 404 g/mol. The number of nitrogens with one attached hydrogen (secondary N) is 1. The van der Waals surface area contributed by atoms with E-state index in [1.54, 1.807) is 0 Å². The van der Waals surface area contributed by atoms with Gasteiger partial charge >= 0.3 is 0 Å². The van der Waals surface area contributed by atoms with E-state index in [4.69, 9.17) is 9.72 Å². The Bertz CT molecular complexity index is 1080. The van der Waals surface area contributed by atoms with Crippen LogP contribution in [0.25, 0.3) is 16.8 Å². The van der Waals surface area contributed by atoms with Crippen LogP contribution in [0.15, 0.2) is 36.7 Å². The molecule has 0 radical (unpaired) electrons. The van der Waals surface area contributed by atoms with E-state index in [2.05, 4.69) is 45.3 Å². The van der Waals surface area contributed by atoms with Crippen molar-refractivity contribution in [3.8, 4) is 16.9 Å². The molecule has 156 valence electrons. The van der Waals surface area contributed by atoms with Gasteiger partial charge in [-0.1, -0.05) is 6.07 Å². The second-order valence-electron chi connectivity index (χ2n) is 8.79. The number of piperazine rings is 1. The van der Waals surface area contributed by atoms with Crippen LogP contribution in [0, 0.1) is 6.92 Å². The first-order chi connectivity index (χ1) is 14.7. The zero-order chi connectivity index (χ0) is 20.1. The van der Waals surface area contributed by atoms with Crippen LogP contribution in [0.1, 0.15) is 18.4 Å². The third kappa shape index (κ3) is 3.13. The largest absolute Gasteiger partial charge is 0.492 e. The zero-order valence-corrected chi connectivity index (χ0v) is 17.4. The molecule has 2 atom stereocenters. The lowest BCUT2D eigenvalue weighted by Crippen LogP contribution is -2.58. The molecule has 2 fully saturated rings. The van der Waals surface area contributed by atoms with Crippen molar-refractivity contribution < 1.29 is 4.74 Å². The Morgan fingerprint density at radius 1 is 1.07 bits per heavy atom. The summed E-state index contributed by atoms with van der Waals surface area (Å²) in [4.78, 5) is 10.2. The number of nitrogens with zero attached hydrogens (tertiary/aromatic N) is 5. The molecule has 3 aliphatic heterocycles. The number of aryl methyl sites for hydroxylation is 1. The van der Waals surface area contributed by atoms with Gasteiger partial charge in [0.05, 0.1) is 12.2 Å². The van der Waals surface area contributed by atoms with E-state index in [9.17, 15) is 0 Å². The SMILES string of the molecule is Cc1ccc2cc1-c1cnn3ccc(nc13)NCCN1C[C@H]3CCCN3C[C@@H]1CO2. The summed E-state index contributed by atoms with van der Waals surface area (Å²) >= 11 is 0. The van der Waals surface area contributed by atoms with Gasteiger partial charge in [0.15, 0.2) is 5.65 Å². The van der Waals surface area contributed by atoms with Crippen molar-refractivity contribution >= 4 is 11.5 Å². The van der Waals surface area contributed by atoms with Crippen molar-refractivity contribution in [1.82, 2.24) is 24.4 Å². The van der Waals surface area contributed by atoms with Gasteiger partial charge in [0.1, 0.15) is 18.2 Å². The van der Waals surface area contributed by atoms with E-state index in [0.29, 0.717) is 12.1 Å². The second kappa shape index (κ2) is 7.25. The molecule has 1 aromatic carbocycles. The topological polar surface area (TPSA) is 57.9 Å². The summed E-state index contributed by atoms with van der Waals surface area (Å²) in [6.45, 7) is 8.19. The number of anilines is 1. The number of rotatable bonds is 0. The van der Waals surface area contributed by atoms with Crippen molar-refractivity contribution in [3.63, 3.8) is 0 Å². The van der Waals surface area contributed by atoms with Crippen LogP contribution in [0.3, 0.4) is 0 Å². The van der Waals surface area contributed by atoms with Crippen LogP contribution in [-0.2, 0) is 0 Å². The lowest BCUT2D eigenvalue weighted by Gasteiger charge is -2.43. The normalized spacial score (nSPS) is 24.7. The Morgan fingerprint density at radius 2 is 1.97 bits per heavy atom. The van der Waals surface area contributed by atoms with Crippen molar-refractivity contribution in [2.45, 2.75) is 31.8 Å². The molecule has 0 amide bonds. The Balaban J connectivity index is 1.39. The van der Waals surface area contributed by atoms with E-state index >= 15 is 0 Å². The molecule has 7 nitrogen and oxygen atoms in total. The molecular weight excluding hydrogens is 376 g/mol. The minimum atomic E-state index is 0.413. The maximum Gasteiger partial charge on any atom is 0.165 e. The Kier molecular flexibility index (Phi) is 4.39. The molecule has 30 heavy (non-hydrogen) atoms. The maximum absolute atomic E-state index is 6.36. The van der Waals surface area contributed by atoms with Gasteiger partial charge in [-0.2, -0.15) is 5.10 Å². The van der Waals surface area contributed by atoms with E-state index in [-0.39, 0.29) is 0 Å². The third-order valence-corrected chi connectivity index (χ3v) is 6.92. The molecule has 3 aromatic rings. The van der Waals surface area contributed by atoms with E-state index in [1.165, 1.54) is 24.9 Å². The first-order valence-electron chi connectivity index (χ1n) is 11.0. The number of hydrogen-bond acceptors (Lipinski definition) is 6. The van der Waals surface area contributed by atoms with Crippen molar-refractivity contribution in [2.24, 2.45) is 0 Å². The van der Waals surface area contributed by atoms with Crippen molar-refractivity contribution in [1.29, 1.82) is 0 Å². The highest BCUT2D eigenvalue weighted by Gasteiger charge is 2.36. The number of benzene rings is 1. The maximum atomic E-state index is 6.36. The highest BCUT2D eigenvalue weighted by atomic mass is 16.5. The Labute approximate surface area is 176 Å². The first-order valence-corrected chi connectivity index (χ1v) is 11.0. The lowest BCUT2D eigenvalue weighted by atomic mass is 10.0. The van der Waals surface area contributed by atoms with E-state index < -0.39 is 0 Å². The fraction of sp³-hybridized carbons (Fsp3) is 0.478. The number of ether oxygens (including phenoxy) is 1. The number of fused-ring (bicyclic) bond motifs is 6. The standard InChI is InChI=1S/C23H28N6O/c1-16-4-5-19-11-20(16)21-12-25-29-9-6-22(26-23(21)29)24-7-10-28-13-17-3-2-8-27(17)14-18(28)15-30-19/h4-6,9,11-12,17-18H,2-3,7-8,10,13-15H2,1H3,(H,24,26)/t17-,18-/m1/s1. The minimum absolute atomic E-state index is 0.413. The van der Waals surface area contributed by atoms with Gasteiger partial charge in [-0.25, -0.2) is 9.50 Å². The van der Waals surface area contributed by atoms with Crippen LogP contribution in [0.5, 0.6) is 5.75 Å². The molecule has 7 heteroatoms. The average molecular weight is 405 g/mol. The van der Waals surface area contributed by atoms with Crippen LogP contribution < -0.4 is 10.1 Å².